The third-order valence-electron chi connectivity index (χ3n) is 9.01. The van der Waals surface area contributed by atoms with Crippen LogP contribution in [0, 0.1) is 0 Å². The Kier molecular flexibility index (Phi) is 4.45. The number of rotatable bonds is 2. The van der Waals surface area contributed by atoms with E-state index in [1.54, 1.807) is 0 Å². The van der Waals surface area contributed by atoms with Crippen molar-refractivity contribution in [3.63, 3.8) is 0 Å². The Morgan fingerprint density at radius 2 is 0.953 bits per heavy atom. The molecule has 0 atom stereocenters. The van der Waals surface area contributed by atoms with Crippen molar-refractivity contribution < 1.29 is 8.83 Å². The zero-order chi connectivity index (χ0) is 28.1. The number of hydrogen-bond donors (Lipinski definition) is 0. The lowest BCUT2D eigenvalue weighted by Crippen LogP contribution is -1.93. The van der Waals surface area contributed by atoms with Gasteiger partial charge < -0.3 is 13.4 Å². The highest BCUT2D eigenvalue weighted by Crippen LogP contribution is 2.42. The molecule has 10 rings (SSSR count). The highest BCUT2D eigenvalue weighted by molar-refractivity contribution is 6.26. The van der Waals surface area contributed by atoms with Gasteiger partial charge in [-0.3, -0.25) is 0 Å². The normalized spacial score (nSPS) is 12.2. The Balaban J connectivity index is 1.19. The van der Waals surface area contributed by atoms with E-state index < -0.39 is 0 Å². The zero-order valence-corrected chi connectivity index (χ0v) is 23.0. The molecule has 0 spiro atoms. The van der Waals surface area contributed by atoms with Gasteiger partial charge in [0.1, 0.15) is 22.3 Å². The standard InChI is InChI=1S/C40H23NO2/c1-4-13-34-33(10-1)38-29-20-21-31-28-9-3-6-15-37(28)43-40(31)32(29)22-23-35(38)41(34)25-18-16-24(17-19-25)26-11-7-12-30-27-8-2-5-14-36(27)42-39(26)30/h1-23H. The van der Waals surface area contributed by atoms with Gasteiger partial charge in [0.2, 0.25) is 0 Å². The van der Waals surface area contributed by atoms with Crippen LogP contribution in [0.15, 0.2) is 148 Å². The molecule has 43 heavy (non-hydrogen) atoms. The topological polar surface area (TPSA) is 31.2 Å². The van der Waals surface area contributed by atoms with E-state index in [1.165, 1.54) is 27.2 Å². The van der Waals surface area contributed by atoms with Gasteiger partial charge in [-0.2, -0.15) is 0 Å². The summed E-state index contributed by atoms with van der Waals surface area (Å²) in [4.78, 5) is 0. The average Bonchev–Trinajstić information content (AvgIpc) is 3.74. The molecule has 0 unspecified atom stereocenters. The Morgan fingerprint density at radius 3 is 1.74 bits per heavy atom. The maximum Gasteiger partial charge on any atom is 0.143 e. The molecule has 0 fully saturated rings. The van der Waals surface area contributed by atoms with Gasteiger partial charge in [-0.1, -0.05) is 91.0 Å². The van der Waals surface area contributed by atoms with Crippen LogP contribution in [-0.2, 0) is 0 Å². The SMILES string of the molecule is c1ccc2c(c1)oc1c(-c3ccc(-n4c5ccccc5c5c6ccc7c8ccccc8oc7c6ccc54)cc3)cccc12. The second-order valence-corrected chi connectivity index (χ2v) is 11.3. The van der Waals surface area contributed by atoms with E-state index in [1.807, 2.05) is 24.3 Å². The molecule has 0 radical (unpaired) electrons. The van der Waals surface area contributed by atoms with Gasteiger partial charge in [-0.25, -0.2) is 0 Å². The molecule has 10 aromatic rings. The number of benzene rings is 7. The fourth-order valence-electron chi connectivity index (χ4n) is 7.10. The number of furan rings is 2. The molecular weight excluding hydrogens is 526 g/mol. The van der Waals surface area contributed by atoms with Crippen molar-refractivity contribution in [3.8, 4) is 16.8 Å². The first-order valence-electron chi connectivity index (χ1n) is 14.6. The average molecular weight is 550 g/mol. The lowest BCUT2D eigenvalue weighted by atomic mass is 10.0. The summed E-state index contributed by atoms with van der Waals surface area (Å²) in [6.07, 6.45) is 0. The molecule has 3 heterocycles. The van der Waals surface area contributed by atoms with Gasteiger partial charge in [0.15, 0.2) is 0 Å². The summed E-state index contributed by atoms with van der Waals surface area (Å²) in [5.41, 5.74) is 9.42. The maximum atomic E-state index is 6.41. The molecular formula is C40H23NO2. The van der Waals surface area contributed by atoms with E-state index in [9.17, 15) is 0 Å². The maximum absolute atomic E-state index is 6.41. The summed E-state index contributed by atoms with van der Waals surface area (Å²) in [5, 5.41) is 9.41. The predicted octanol–water partition coefficient (Wildman–Crippen LogP) is 11.4. The number of aromatic nitrogens is 1. The minimum atomic E-state index is 0.916. The van der Waals surface area contributed by atoms with Crippen molar-refractivity contribution >= 4 is 76.5 Å². The fraction of sp³-hybridized carbons (Fsp3) is 0. The summed E-state index contributed by atoms with van der Waals surface area (Å²) < 4.78 is 15.1. The molecule has 200 valence electrons. The van der Waals surface area contributed by atoms with Crippen LogP contribution in [0.3, 0.4) is 0 Å². The van der Waals surface area contributed by atoms with Gasteiger partial charge in [0.05, 0.1) is 11.0 Å². The van der Waals surface area contributed by atoms with Crippen molar-refractivity contribution in [1.29, 1.82) is 0 Å². The van der Waals surface area contributed by atoms with Crippen LogP contribution in [0.1, 0.15) is 0 Å². The number of fused-ring (bicyclic) bond motifs is 12. The molecule has 0 amide bonds. The van der Waals surface area contributed by atoms with Crippen molar-refractivity contribution in [2.75, 3.05) is 0 Å². The first kappa shape index (κ1) is 22.8. The van der Waals surface area contributed by atoms with Crippen LogP contribution in [0.4, 0.5) is 0 Å². The molecule has 7 aromatic carbocycles. The molecule has 0 aliphatic rings. The number of hydrogen-bond acceptors (Lipinski definition) is 2. The molecule has 0 bridgehead atoms. The molecule has 0 N–H and O–H groups in total. The summed E-state index contributed by atoms with van der Waals surface area (Å²) in [7, 11) is 0. The highest BCUT2D eigenvalue weighted by atomic mass is 16.3. The third kappa shape index (κ3) is 3.08. The van der Waals surface area contributed by atoms with E-state index in [2.05, 4.69) is 120 Å². The summed E-state index contributed by atoms with van der Waals surface area (Å²) in [6.45, 7) is 0. The van der Waals surface area contributed by atoms with Crippen molar-refractivity contribution in [3.05, 3.63) is 140 Å². The second-order valence-electron chi connectivity index (χ2n) is 11.3. The molecule has 0 aliphatic carbocycles. The monoisotopic (exact) mass is 549 g/mol. The molecule has 0 aliphatic heterocycles. The Hall–Kier alpha value is -5.80. The molecule has 3 aromatic heterocycles. The van der Waals surface area contributed by atoms with Gasteiger partial charge in [-0.05, 0) is 59.5 Å². The highest BCUT2D eigenvalue weighted by Gasteiger charge is 2.18. The fourth-order valence-corrected chi connectivity index (χ4v) is 7.10. The quantitative estimate of drug-likeness (QED) is 0.215. The minimum absolute atomic E-state index is 0.916. The lowest BCUT2D eigenvalue weighted by molar-refractivity contribution is 0.670. The van der Waals surface area contributed by atoms with Crippen LogP contribution >= 0.6 is 0 Å². The van der Waals surface area contributed by atoms with E-state index in [4.69, 9.17) is 8.83 Å². The molecule has 3 nitrogen and oxygen atoms in total. The summed E-state index contributed by atoms with van der Waals surface area (Å²) in [6, 6.07) is 49.4. The summed E-state index contributed by atoms with van der Waals surface area (Å²) in [5.74, 6) is 0. The third-order valence-corrected chi connectivity index (χ3v) is 9.01. The second kappa shape index (κ2) is 8.37. The van der Waals surface area contributed by atoms with E-state index >= 15 is 0 Å². The number of para-hydroxylation sites is 4. The predicted molar refractivity (Wildman–Crippen MR) is 178 cm³/mol. The van der Waals surface area contributed by atoms with Gasteiger partial charge in [0, 0.05) is 49.0 Å². The van der Waals surface area contributed by atoms with E-state index in [0.717, 1.165) is 66.1 Å². The Labute approximate surface area is 245 Å². The van der Waals surface area contributed by atoms with E-state index in [-0.39, 0.29) is 0 Å². The van der Waals surface area contributed by atoms with Crippen LogP contribution in [0.2, 0.25) is 0 Å². The first-order valence-corrected chi connectivity index (χ1v) is 14.6. The summed E-state index contributed by atoms with van der Waals surface area (Å²) >= 11 is 0. The largest absolute Gasteiger partial charge is 0.455 e. The molecule has 3 heteroatoms. The number of nitrogens with zero attached hydrogens (tertiary/aromatic N) is 1. The Bertz CT molecular complexity index is 2720. The lowest BCUT2D eigenvalue weighted by Gasteiger charge is -2.10. The van der Waals surface area contributed by atoms with Crippen molar-refractivity contribution in [2.24, 2.45) is 0 Å². The van der Waals surface area contributed by atoms with Gasteiger partial charge in [-0.15, -0.1) is 0 Å². The van der Waals surface area contributed by atoms with Crippen LogP contribution in [0.25, 0.3) is 93.3 Å². The van der Waals surface area contributed by atoms with E-state index in [0.29, 0.717) is 0 Å². The minimum Gasteiger partial charge on any atom is -0.455 e. The first-order chi connectivity index (χ1) is 21.3. The molecule has 0 saturated carbocycles. The van der Waals surface area contributed by atoms with Gasteiger partial charge >= 0.3 is 0 Å². The van der Waals surface area contributed by atoms with Crippen LogP contribution in [-0.4, -0.2) is 4.57 Å². The smallest absolute Gasteiger partial charge is 0.143 e. The van der Waals surface area contributed by atoms with Crippen LogP contribution in [0.5, 0.6) is 0 Å². The Morgan fingerprint density at radius 1 is 0.372 bits per heavy atom. The molecule has 0 saturated heterocycles. The zero-order valence-electron chi connectivity index (χ0n) is 23.0. The van der Waals surface area contributed by atoms with Crippen molar-refractivity contribution in [1.82, 2.24) is 4.57 Å². The van der Waals surface area contributed by atoms with Gasteiger partial charge in [0.25, 0.3) is 0 Å². The van der Waals surface area contributed by atoms with Crippen molar-refractivity contribution in [2.45, 2.75) is 0 Å². The van der Waals surface area contributed by atoms with Crippen LogP contribution < -0.4 is 0 Å².